The van der Waals surface area contributed by atoms with Crippen molar-refractivity contribution in [3.05, 3.63) is 162 Å². The highest BCUT2D eigenvalue weighted by molar-refractivity contribution is 5.99. The summed E-state index contributed by atoms with van der Waals surface area (Å²) in [5.41, 5.74) is 5.43. The van der Waals surface area contributed by atoms with Gasteiger partial charge in [-0.1, -0.05) is 127 Å². The Morgan fingerprint density at radius 2 is 1.00 bits per heavy atom. The van der Waals surface area contributed by atoms with Crippen LogP contribution in [-0.2, 0) is 54.5 Å². The third-order valence-electron chi connectivity index (χ3n) is 10.1. The standard InChI is InChI=1S/C47H47N5O7/c53-42-26-27-43(54)50-41(47(58)59)30-34-18-23-37(24-19-34)48-45(56)39(28-32-12-6-2-7-13-32)52-46(57)40(29-33-16-21-36(22-17-33)35-14-8-3-9-15-35)51-44(55)38(49-42)25-20-31-10-4-1-5-11-31/h1-19,21-24,38-41H,20,25-30H2,(H,48,56)(H,49,53)(H,50,54)(H,51,55)(H,52,57)(H,58,59)/t38-,39-,40+,41+/m1/s1. The van der Waals surface area contributed by atoms with Gasteiger partial charge in [0, 0.05) is 37.8 Å². The monoisotopic (exact) mass is 793 g/mol. The molecule has 302 valence electrons. The molecule has 7 rings (SSSR count). The Morgan fingerprint density at radius 1 is 0.508 bits per heavy atom. The second-order valence-corrected chi connectivity index (χ2v) is 14.6. The second kappa shape index (κ2) is 20.4. The number of aryl methyl sites for hydroxylation is 1. The first-order valence-electron chi connectivity index (χ1n) is 19.6. The molecule has 2 heterocycles. The minimum Gasteiger partial charge on any atom is -0.480 e. The molecule has 0 fully saturated rings. The fourth-order valence-corrected chi connectivity index (χ4v) is 6.89. The van der Waals surface area contributed by atoms with Crippen LogP contribution in [0.1, 0.15) is 41.5 Å². The normalized spacial score (nSPS) is 19.6. The Hall–Kier alpha value is -7.08. The molecular weight excluding hydrogens is 747 g/mol. The molecule has 5 aromatic carbocycles. The maximum absolute atomic E-state index is 14.4. The zero-order valence-electron chi connectivity index (χ0n) is 32.4. The summed E-state index contributed by atoms with van der Waals surface area (Å²) in [5.74, 6) is -4.24. The van der Waals surface area contributed by atoms with Gasteiger partial charge in [-0.05, 0) is 58.4 Å². The summed E-state index contributed by atoms with van der Waals surface area (Å²) in [6.07, 6.45) is 0.111. The van der Waals surface area contributed by atoms with Gasteiger partial charge < -0.3 is 31.7 Å². The number of carbonyl (C=O) groups excluding carboxylic acids is 5. The van der Waals surface area contributed by atoms with Crippen molar-refractivity contribution in [2.75, 3.05) is 5.32 Å². The van der Waals surface area contributed by atoms with Crippen LogP contribution < -0.4 is 26.6 Å². The average Bonchev–Trinajstić information content (AvgIpc) is 3.25. The molecule has 5 amide bonds. The molecule has 12 nitrogen and oxygen atoms in total. The van der Waals surface area contributed by atoms with Gasteiger partial charge in [-0.25, -0.2) is 4.79 Å². The predicted molar refractivity (Wildman–Crippen MR) is 224 cm³/mol. The Labute approximate surface area is 342 Å². The van der Waals surface area contributed by atoms with Gasteiger partial charge in [0.15, 0.2) is 0 Å². The molecule has 0 unspecified atom stereocenters. The van der Waals surface area contributed by atoms with Gasteiger partial charge in [-0.15, -0.1) is 0 Å². The maximum atomic E-state index is 14.4. The van der Waals surface area contributed by atoms with Crippen molar-refractivity contribution in [2.45, 2.75) is 69.1 Å². The van der Waals surface area contributed by atoms with E-state index >= 15 is 0 Å². The van der Waals surface area contributed by atoms with Gasteiger partial charge in [0.1, 0.15) is 24.2 Å². The number of amides is 5. The van der Waals surface area contributed by atoms with Crippen LogP contribution >= 0.6 is 0 Å². The van der Waals surface area contributed by atoms with E-state index in [1.165, 1.54) is 0 Å². The van der Waals surface area contributed by atoms with E-state index < -0.39 is 59.7 Å². The molecule has 0 saturated carbocycles. The number of fused-ring (bicyclic) bond motifs is 18. The first-order valence-corrected chi connectivity index (χ1v) is 19.6. The molecule has 0 aromatic heterocycles. The summed E-state index contributed by atoms with van der Waals surface area (Å²) >= 11 is 0. The summed E-state index contributed by atoms with van der Waals surface area (Å²) in [5, 5.41) is 23.8. The number of anilines is 1. The highest BCUT2D eigenvalue weighted by Gasteiger charge is 2.31. The number of carboxylic acid groups (broad SMARTS) is 1. The Morgan fingerprint density at radius 3 is 1.59 bits per heavy atom. The van der Waals surface area contributed by atoms with E-state index in [4.69, 9.17) is 0 Å². The third kappa shape index (κ3) is 12.5. The van der Waals surface area contributed by atoms with Crippen LogP contribution in [0.15, 0.2) is 140 Å². The zero-order valence-corrected chi connectivity index (χ0v) is 32.4. The van der Waals surface area contributed by atoms with Crippen LogP contribution in [0.4, 0.5) is 5.69 Å². The largest absolute Gasteiger partial charge is 0.480 e. The molecule has 2 aliphatic rings. The number of rotatable bonds is 9. The highest BCUT2D eigenvalue weighted by atomic mass is 16.4. The molecule has 6 N–H and O–H groups in total. The van der Waals surface area contributed by atoms with E-state index in [2.05, 4.69) is 26.6 Å². The third-order valence-corrected chi connectivity index (χ3v) is 10.1. The van der Waals surface area contributed by atoms with E-state index in [0.29, 0.717) is 17.7 Å². The van der Waals surface area contributed by atoms with Crippen LogP contribution in [0.2, 0.25) is 0 Å². The lowest BCUT2D eigenvalue weighted by atomic mass is 9.98. The lowest BCUT2D eigenvalue weighted by Crippen LogP contribution is -2.57. The summed E-state index contributed by atoms with van der Waals surface area (Å²) in [6.45, 7) is 0. The van der Waals surface area contributed by atoms with E-state index in [-0.39, 0.29) is 38.5 Å². The topological polar surface area (TPSA) is 183 Å². The SMILES string of the molecule is O=C1CCC(=O)N[C@H](CCc2ccccc2)C(=O)N[C@@H](Cc2ccc(-c3ccccc3)cc2)C(=O)N[C@H](Cc2ccccc2)C(=O)Nc2ccc(cc2)C[C@@H](C(=O)O)N1. The van der Waals surface area contributed by atoms with Gasteiger partial charge in [0.2, 0.25) is 29.5 Å². The molecule has 0 spiro atoms. The average molecular weight is 794 g/mol. The highest BCUT2D eigenvalue weighted by Crippen LogP contribution is 2.20. The first kappa shape index (κ1) is 41.6. The minimum atomic E-state index is -1.28. The van der Waals surface area contributed by atoms with Crippen molar-refractivity contribution < 1.29 is 33.9 Å². The number of carbonyl (C=O) groups is 6. The first-order chi connectivity index (χ1) is 28.6. The van der Waals surface area contributed by atoms with Crippen LogP contribution in [0.5, 0.6) is 0 Å². The number of carboxylic acids is 1. The number of aliphatic carboxylic acids is 1. The van der Waals surface area contributed by atoms with Crippen molar-refractivity contribution >= 4 is 41.2 Å². The van der Waals surface area contributed by atoms with Crippen molar-refractivity contribution in [2.24, 2.45) is 0 Å². The van der Waals surface area contributed by atoms with Crippen molar-refractivity contribution in [1.29, 1.82) is 0 Å². The molecule has 2 aliphatic heterocycles. The fourth-order valence-electron chi connectivity index (χ4n) is 6.89. The van der Waals surface area contributed by atoms with Crippen molar-refractivity contribution in [1.82, 2.24) is 21.3 Å². The van der Waals surface area contributed by atoms with Gasteiger partial charge in [0.05, 0.1) is 0 Å². The number of benzene rings is 5. The predicted octanol–water partition coefficient (Wildman–Crippen LogP) is 4.77. The summed E-state index contributed by atoms with van der Waals surface area (Å²) in [7, 11) is 0. The lowest BCUT2D eigenvalue weighted by Gasteiger charge is -2.26. The van der Waals surface area contributed by atoms with E-state index in [9.17, 15) is 33.9 Å². The molecule has 12 heteroatoms. The minimum absolute atomic E-state index is 0.0493. The van der Waals surface area contributed by atoms with Gasteiger partial charge >= 0.3 is 5.97 Å². The van der Waals surface area contributed by atoms with E-state index in [1.54, 1.807) is 24.3 Å². The Kier molecular flexibility index (Phi) is 14.3. The van der Waals surface area contributed by atoms with Crippen molar-refractivity contribution in [3.63, 3.8) is 0 Å². The fraction of sp³-hybridized carbons (Fsp3) is 0.234. The number of hydrogen-bond donors (Lipinski definition) is 6. The molecule has 5 aromatic rings. The molecular formula is C47H47N5O7. The molecule has 0 radical (unpaired) electrons. The summed E-state index contributed by atoms with van der Waals surface area (Å²) in [6, 6.07) is 38.0. The summed E-state index contributed by atoms with van der Waals surface area (Å²) < 4.78 is 0. The maximum Gasteiger partial charge on any atom is 0.326 e. The van der Waals surface area contributed by atoms with Crippen LogP contribution in [0.25, 0.3) is 11.1 Å². The summed E-state index contributed by atoms with van der Waals surface area (Å²) in [4.78, 5) is 81.0. The molecule has 0 saturated heterocycles. The van der Waals surface area contributed by atoms with Crippen LogP contribution in [0.3, 0.4) is 0 Å². The van der Waals surface area contributed by atoms with Gasteiger partial charge in [0.25, 0.3) is 0 Å². The second-order valence-electron chi connectivity index (χ2n) is 14.6. The van der Waals surface area contributed by atoms with Crippen molar-refractivity contribution in [3.8, 4) is 11.1 Å². The smallest absolute Gasteiger partial charge is 0.326 e. The molecule has 59 heavy (non-hydrogen) atoms. The molecule has 4 atom stereocenters. The Balaban J connectivity index is 1.33. The lowest BCUT2D eigenvalue weighted by molar-refractivity contribution is -0.141. The van der Waals surface area contributed by atoms with E-state index in [1.807, 2.05) is 115 Å². The number of nitrogens with one attached hydrogen (secondary N) is 5. The number of hydrogen-bond acceptors (Lipinski definition) is 6. The molecule has 0 aliphatic carbocycles. The van der Waals surface area contributed by atoms with Crippen LogP contribution in [0, 0.1) is 0 Å². The van der Waals surface area contributed by atoms with Gasteiger partial charge in [-0.2, -0.15) is 0 Å². The van der Waals surface area contributed by atoms with E-state index in [0.717, 1.165) is 27.8 Å². The molecule has 2 bridgehead atoms. The van der Waals surface area contributed by atoms with Gasteiger partial charge in [-0.3, -0.25) is 24.0 Å². The Bertz CT molecular complexity index is 2220. The zero-order chi connectivity index (χ0) is 41.6. The quantitative estimate of drug-likeness (QED) is 0.116. The van der Waals surface area contributed by atoms with Crippen LogP contribution in [-0.4, -0.2) is 64.8 Å².